The molecule has 1 aromatic rings. The number of carboxylic acids is 1. The van der Waals surface area contributed by atoms with Crippen molar-refractivity contribution in [1.29, 1.82) is 0 Å². The molecule has 0 aliphatic heterocycles. The molecule has 20 heavy (non-hydrogen) atoms. The highest BCUT2D eigenvalue weighted by Crippen LogP contribution is 2.09. The summed E-state index contributed by atoms with van der Waals surface area (Å²) in [7, 11) is 5.66. The summed E-state index contributed by atoms with van der Waals surface area (Å²) < 4.78 is 0. The smallest absolute Gasteiger partial charge is 0.328 e. The molecule has 5 nitrogen and oxygen atoms in total. The first-order chi connectivity index (χ1) is 9.40. The average Bonchev–Trinajstić information content (AvgIpc) is 2.42. The maximum Gasteiger partial charge on any atom is 0.328 e. The van der Waals surface area contributed by atoms with Crippen molar-refractivity contribution < 1.29 is 14.7 Å². The van der Waals surface area contributed by atoms with E-state index in [-0.39, 0.29) is 5.91 Å². The predicted molar refractivity (Wildman–Crippen MR) is 78.6 cm³/mol. The van der Waals surface area contributed by atoms with E-state index in [0.717, 1.165) is 12.6 Å². The zero-order valence-corrected chi connectivity index (χ0v) is 12.0. The van der Waals surface area contributed by atoms with Gasteiger partial charge in [0.25, 0.3) is 5.91 Å². The van der Waals surface area contributed by atoms with Crippen LogP contribution in [0.15, 0.2) is 30.3 Å². The molecule has 0 fully saturated rings. The molecule has 0 aliphatic rings. The first kappa shape index (κ1) is 15.9. The molecule has 0 radical (unpaired) electrons. The van der Waals surface area contributed by atoms with Gasteiger partial charge in [0.05, 0.1) is 0 Å². The van der Waals surface area contributed by atoms with Gasteiger partial charge in [0.2, 0.25) is 0 Å². The van der Waals surface area contributed by atoms with E-state index in [0.29, 0.717) is 17.7 Å². The molecule has 0 heterocycles. The van der Waals surface area contributed by atoms with Gasteiger partial charge in [0, 0.05) is 31.8 Å². The molecule has 0 spiro atoms. The Kier molecular flexibility index (Phi) is 5.93. The monoisotopic (exact) mass is 276 g/mol. The lowest BCUT2D eigenvalue weighted by molar-refractivity contribution is -0.131. The van der Waals surface area contributed by atoms with E-state index in [1.54, 1.807) is 36.2 Å². The number of carbonyl (C=O) groups excluding carboxylic acids is 1. The lowest BCUT2D eigenvalue weighted by atomic mass is 10.1. The van der Waals surface area contributed by atoms with Crippen molar-refractivity contribution in [3.8, 4) is 0 Å². The minimum atomic E-state index is -1.01. The molecule has 0 saturated carbocycles. The van der Waals surface area contributed by atoms with E-state index in [1.165, 1.54) is 6.08 Å². The van der Waals surface area contributed by atoms with Crippen LogP contribution in [0.2, 0.25) is 0 Å². The molecular formula is C15H20N2O3. The number of carboxylic acid groups (broad SMARTS) is 1. The van der Waals surface area contributed by atoms with Crippen LogP contribution < -0.4 is 0 Å². The van der Waals surface area contributed by atoms with Crippen molar-refractivity contribution in [3.05, 3.63) is 41.5 Å². The molecule has 0 saturated heterocycles. The van der Waals surface area contributed by atoms with E-state index < -0.39 is 5.97 Å². The van der Waals surface area contributed by atoms with Crippen LogP contribution in [0.3, 0.4) is 0 Å². The van der Waals surface area contributed by atoms with Gasteiger partial charge in [-0.15, -0.1) is 0 Å². The summed E-state index contributed by atoms with van der Waals surface area (Å²) in [6, 6.07) is 6.92. The lowest BCUT2D eigenvalue weighted by Gasteiger charge is -2.19. The molecule has 108 valence electrons. The predicted octanol–water partition coefficient (Wildman–Crippen LogP) is 1.42. The molecular weight excluding hydrogens is 256 g/mol. The summed E-state index contributed by atoms with van der Waals surface area (Å²) in [5.41, 5.74) is 1.25. The first-order valence-corrected chi connectivity index (χ1v) is 6.31. The van der Waals surface area contributed by atoms with Crippen molar-refractivity contribution >= 4 is 18.0 Å². The van der Waals surface area contributed by atoms with Crippen molar-refractivity contribution in [1.82, 2.24) is 9.80 Å². The van der Waals surface area contributed by atoms with Gasteiger partial charge in [-0.2, -0.15) is 0 Å². The normalized spacial score (nSPS) is 11.0. The summed E-state index contributed by atoms with van der Waals surface area (Å²) in [5, 5.41) is 8.60. The molecule has 0 bridgehead atoms. The van der Waals surface area contributed by atoms with Crippen molar-refractivity contribution in [2.75, 3.05) is 34.2 Å². The number of likely N-dealkylation sites (N-methyl/N-ethyl adjacent to an activating group) is 2. The second-order valence-corrected chi connectivity index (χ2v) is 4.83. The van der Waals surface area contributed by atoms with Gasteiger partial charge in [-0.25, -0.2) is 4.79 Å². The quantitative estimate of drug-likeness (QED) is 0.798. The fraction of sp³-hybridized carbons (Fsp3) is 0.333. The summed E-state index contributed by atoms with van der Waals surface area (Å²) in [6.07, 6.45) is 2.53. The van der Waals surface area contributed by atoms with Crippen LogP contribution >= 0.6 is 0 Å². The van der Waals surface area contributed by atoms with Gasteiger partial charge in [0.15, 0.2) is 0 Å². The van der Waals surface area contributed by atoms with Gasteiger partial charge in [-0.05, 0) is 37.9 Å². The number of benzene rings is 1. The molecule has 1 N–H and O–H groups in total. The van der Waals surface area contributed by atoms with Crippen LogP contribution in [0.4, 0.5) is 0 Å². The van der Waals surface area contributed by atoms with Crippen LogP contribution in [0.5, 0.6) is 0 Å². The first-order valence-electron chi connectivity index (χ1n) is 6.31. The third kappa shape index (κ3) is 5.24. The highest BCUT2D eigenvalue weighted by molar-refractivity contribution is 5.95. The Morgan fingerprint density at radius 2 is 1.90 bits per heavy atom. The summed E-state index contributed by atoms with van der Waals surface area (Å²) in [4.78, 5) is 26.4. The SMILES string of the molecule is CN(C)CCN(C)C(=O)c1cccc(C=CC(=O)O)c1. The van der Waals surface area contributed by atoms with Crippen molar-refractivity contribution in [3.63, 3.8) is 0 Å². The largest absolute Gasteiger partial charge is 0.478 e. The van der Waals surface area contributed by atoms with Gasteiger partial charge in [0.1, 0.15) is 0 Å². The fourth-order valence-electron chi connectivity index (χ4n) is 1.61. The van der Waals surface area contributed by atoms with E-state index in [9.17, 15) is 9.59 Å². The Morgan fingerprint density at radius 3 is 2.50 bits per heavy atom. The molecule has 1 rings (SSSR count). The summed E-state index contributed by atoms with van der Waals surface area (Å²) in [5.74, 6) is -1.08. The topological polar surface area (TPSA) is 60.9 Å². The number of amides is 1. The van der Waals surface area contributed by atoms with Gasteiger partial charge in [-0.3, -0.25) is 4.79 Å². The molecule has 1 amide bonds. The van der Waals surface area contributed by atoms with Crippen molar-refractivity contribution in [2.45, 2.75) is 0 Å². The molecule has 0 aliphatic carbocycles. The molecule has 0 atom stereocenters. The van der Waals surface area contributed by atoms with E-state index >= 15 is 0 Å². The van der Waals surface area contributed by atoms with E-state index in [4.69, 9.17) is 5.11 Å². The zero-order chi connectivity index (χ0) is 15.1. The Hall–Kier alpha value is -2.14. The van der Waals surface area contributed by atoms with Crippen LogP contribution in [0, 0.1) is 0 Å². The Labute approximate surface area is 119 Å². The summed E-state index contributed by atoms with van der Waals surface area (Å²) >= 11 is 0. The van der Waals surface area contributed by atoms with Crippen LogP contribution in [-0.2, 0) is 4.79 Å². The lowest BCUT2D eigenvalue weighted by Crippen LogP contribution is -2.33. The number of aliphatic carboxylic acids is 1. The Balaban J connectivity index is 2.78. The van der Waals surface area contributed by atoms with Crippen LogP contribution in [0.1, 0.15) is 15.9 Å². The third-order valence-electron chi connectivity index (χ3n) is 2.78. The standard InChI is InChI=1S/C15H20N2O3/c1-16(2)9-10-17(3)15(20)13-6-4-5-12(11-13)7-8-14(18)19/h4-8,11H,9-10H2,1-3H3,(H,18,19). The molecule has 0 unspecified atom stereocenters. The highest BCUT2D eigenvalue weighted by Gasteiger charge is 2.11. The second kappa shape index (κ2) is 7.45. The van der Waals surface area contributed by atoms with Gasteiger partial charge < -0.3 is 14.9 Å². The van der Waals surface area contributed by atoms with Crippen LogP contribution in [0.25, 0.3) is 6.08 Å². The number of hydrogen-bond acceptors (Lipinski definition) is 3. The number of hydrogen-bond donors (Lipinski definition) is 1. The number of rotatable bonds is 6. The number of nitrogens with zero attached hydrogens (tertiary/aromatic N) is 2. The summed E-state index contributed by atoms with van der Waals surface area (Å²) in [6.45, 7) is 1.43. The molecule has 0 aromatic heterocycles. The highest BCUT2D eigenvalue weighted by atomic mass is 16.4. The third-order valence-corrected chi connectivity index (χ3v) is 2.78. The minimum Gasteiger partial charge on any atom is -0.478 e. The number of carbonyl (C=O) groups is 2. The Morgan fingerprint density at radius 1 is 1.20 bits per heavy atom. The molecule has 5 heteroatoms. The average molecular weight is 276 g/mol. The minimum absolute atomic E-state index is 0.0718. The Bertz CT molecular complexity index is 510. The van der Waals surface area contributed by atoms with E-state index in [2.05, 4.69) is 0 Å². The van der Waals surface area contributed by atoms with Crippen LogP contribution in [-0.4, -0.2) is 61.0 Å². The fourth-order valence-corrected chi connectivity index (χ4v) is 1.61. The van der Waals surface area contributed by atoms with Crippen molar-refractivity contribution in [2.24, 2.45) is 0 Å². The van der Waals surface area contributed by atoms with E-state index in [1.807, 2.05) is 19.0 Å². The van der Waals surface area contributed by atoms with Gasteiger partial charge in [-0.1, -0.05) is 12.1 Å². The maximum atomic E-state index is 12.2. The maximum absolute atomic E-state index is 12.2. The van der Waals surface area contributed by atoms with Gasteiger partial charge >= 0.3 is 5.97 Å². The molecule has 1 aromatic carbocycles. The second-order valence-electron chi connectivity index (χ2n) is 4.83. The zero-order valence-electron chi connectivity index (χ0n) is 12.0.